The number of halogens is 3. The molecular weight excluding hydrogens is 274 g/mol. The number of rotatable bonds is 3. The molecule has 0 saturated heterocycles. The van der Waals surface area contributed by atoms with Crippen molar-refractivity contribution in [1.29, 1.82) is 5.26 Å². The van der Waals surface area contributed by atoms with Crippen LogP contribution in [-0.4, -0.2) is 11.7 Å². The molecule has 2 nitrogen and oxygen atoms in total. The maximum absolute atomic E-state index is 13.3. The number of nitrogens with zero attached hydrogens (tertiary/aromatic N) is 1. The van der Waals surface area contributed by atoms with Gasteiger partial charge in [0, 0.05) is 6.42 Å². The highest BCUT2D eigenvalue weighted by Crippen LogP contribution is 2.44. The summed E-state index contributed by atoms with van der Waals surface area (Å²) in [6.07, 6.45) is -5.71. The van der Waals surface area contributed by atoms with Crippen molar-refractivity contribution in [3.8, 4) is 6.07 Å². The van der Waals surface area contributed by atoms with E-state index in [0.29, 0.717) is 11.1 Å². The third-order valence-corrected chi connectivity index (χ3v) is 3.03. The fourth-order valence-electron chi connectivity index (χ4n) is 2.02. The molecule has 2 atom stereocenters. The van der Waals surface area contributed by atoms with Crippen LogP contribution in [0.4, 0.5) is 13.2 Å². The molecule has 1 aromatic carbocycles. The summed E-state index contributed by atoms with van der Waals surface area (Å²) in [4.78, 5) is 11.1. The zero-order valence-electron chi connectivity index (χ0n) is 10.5. The second-order valence-electron chi connectivity index (χ2n) is 4.53. The average molecular weight is 287 g/mol. The number of carbonyl (C=O) groups excluding carboxylic acids is 1. The first kappa shape index (κ1) is 15.7. The van der Waals surface area contributed by atoms with Crippen molar-refractivity contribution in [2.24, 2.45) is 0 Å². The lowest BCUT2D eigenvalue weighted by Crippen LogP contribution is -2.42. The highest BCUT2D eigenvalue weighted by molar-refractivity contribution is 7.40. The Morgan fingerprint density at radius 3 is 2.05 bits per heavy atom. The van der Waals surface area contributed by atoms with E-state index >= 15 is 0 Å². The minimum atomic E-state index is -4.81. The highest BCUT2D eigenvalue weighted by Gasteiger charge is 2.57. The van der Waals surface area contributed by atoms with Gasteiger partial charge in [-0.05, 0) is 19.4 Å². The van der Waals surface area contributed by atoms with Crippen LogP contribution in [0, 0.1) is 25.2 Å². The molecule has 0 N–H and O–H groups in total. The Balaban J connectivity index is 3.55. The summed E-state index contributed by atoms with van der Waals surface area (Å²) < 4.78 is 39.9. The Morgan fingerprint density at radius 2 is 1.74 bits per heavy atom. The predicted molar refractivity (Wildman–Crippen MR) is 68.6 cm³/mol. The van der Waals surface area contributed by atoms with Gasteiger partial charge in [-0.1, -0.05) is 38.6 Å². The number of nitriles is 1. The molecule has 6 heteroatoms. The molecule has 0 bridgehead atoms. The maximum Gasteiger partial charge on any atom is 0.411 e. The molecule has 0 aliphatic heterocycles. The average Bonchev–Trinajstić information content (AvgIpc) is 2.22. The third-order valence-electron chi connectivity index (χ3n) is 2.83. The molecule has 19 heavy (non-hydrogen) atoms. The van der Waals surface area contributed by atoms with Gasteiger partial charge in [-0.25, -0.2) is 0 Å². The van der Waals surface area contributed by atoms with Gasteiger partial charge in [0.15, 0.2) is 10.9 Å². The monoisotopic (exact) mass is 287 g/mol. The SMILES string of the molecule is Cc1cc(C)cc(C(C#N)(CC(=O)P)C(F)(F)F)c1. The van der Waals surface area contributed by atoms with Crippen molar-refractivity contribution >= 4 is 14.8 Å². The molecule has 2 unspecified atom stereocenters. The first-order chi connectivity index (χ1) is 8.62. The molecular formula is C13H13F3NOP. The Hall–Kier alpha value is -1.40. The van der Waals surface area contributed by atoms with Gasteiger partial charge in [0.2, 0.25) is 0 Å². The topological polar surface area (TPSA) is 40.9 Å². The van der Waals surface area contributed by atoms with Gasteiger partial charge < -0.3 is 0 Å². The largest absolute Gasteiger partial charge is 0.411 e. The molecule has 0 heterocycles. The van der Waals surface area contributed by atoms with Crippen LogP contribution in [0.3, 0.4) is 0 Å². The molecule has 0 radical (unpaired) electrons. The first-order valence-electron chi connectivity index (χ1n) is 5.47. The van der Waals surface area contributed by atoms with Crippen LogP contribution in [0.1, 0.15) is 23.1 Å². The number of aryl methyl sites for hydroxylation is 2. The van der Waals surface area contributed by atoms with Gasteiger partial charge in [0.1, 0.15) is 0 Å². The molecule has 0 saturated carbocycles. The quantitative estimate of drug-likeness (QED) is 0.799. The molecule has 0 spiro atoms. The lowest BCUT2D eigenvalue weighted by Gasteiger charge is -2.29. The van der Waals surface area contributed by atoms with E-state index in [0.717, 1.165) is 0 Å². The van der Waals surface area contributed by atoms with E-state index in [2.05, 4.69) is 0 Å². The van der Waals surface area contributed by atoms with E-state index in [1.165, 1.54) is 18.2 Å². The summed E-state index contributed by atoms with van der Waals surface area (Å²) in [6, 6.07) is 5.62. The summed E-state index contributed by atoms with van der Waals surface area (Å²) >= 11 is 0. The third kappa shape index (κ3) is 3.13. The zero-order chi connectivity index (χ0) is 14.8. The Bertz CT molecular complexity index is 528. The summed E-state index contributed by atoms with van der Waals surface area (Å²) in [5, 5.41) is 9.06. The smallest absolute Gasteiger partial charge is 0.295 e. The number of hydrogen-bond donors (Lipinski definition) is 0. The molecule has 0 aliphatic rings. The zero-order valence-corrected chi connectivity index (χ0v) is 11.7. The van der Waals surface area contributed by atoms with E-state index in [9.17, 15) is 18.0 Å². The van der Waals surface area contributed by atoms with E-state index in [4.69, 9.17) is 5.26 Å². The van der Waals surface area contributed by atoms with Crippen LogP contribution >= 0.6 is 9.24 Å². The van der Waals surface area contributed by atoms with Gasteiger partial charge in [-0.2, -0.15) is 18.4 Å². The van der Waals surface area contributed by atoms with Crippen molar-refractivity contribution in [2.75, 3.05) is 0 Å². The Morgan fingerprint density at radius 1 is 1.26 bits per heavy atom. The first-order valence-corrected chi connectivity index (χ1v) is 6.05. The minimum absolute atomic E-state index is 0.184. The second kappa shape index (κ2) is 5.30. The Labute approximate surface area is 111 Å². The standard InChI is InChI=1S/C13H13F3NOP/c1-8-3-9(2)5-10(4-8)12(7-17,6-11(18)19)13(14,15)16/h3-5H,6,19H2,1-2H3. The number of benzene rings is 1. The van der Waals surface area contributed by atoms with Gasteiger partial charge >= 0.3 is 6.18 Å². The lowest BCUT2D eigenvalue weighted by molar-refractivity contribution is -0.176. The van der Waals surface area contributed by atoms with Crippen molar-refractivity contribution in [3.63, 3.8) is 0 Å². The molecule has 0 amide bonds. The fourth-order valence-corrected chi connectivity index (χ4v) is 2.32. The van der Waals surface area contributed by atoms with Gasteiger partial charge in [-0.3, -0.25) is 4.79 Å². The van der Waals surface area contributed by atoms with Gasteiger partial charge in [0.05, 0.1) is 6.07 Å². The highest BCUT2D eigenvalue weighted by atomic mass is 31.0. The number of alkyl halides is 3. The van der Waals surface area contributed by atoms with E-state index in [-0.39, 0.29) is 5.56 Å². The molecule has 0 fully saturated rings. The van der Waals surface area contributed by atoms with Crippen LogP contribution < -0.4 is 0 Å². The van der Waals surface area contributed by atoms with E-state index < -0.39 is 23.5 Å². The summed E-state index contributed by atoms with van der Waals surface area (Å²) in [7, 11) is 1.69. The summed E-state index contributed by atoms with van der Waals surface area (Å²) in [5.41, 5.74) is -2.48. The summed E-state index contributed by atoms with van der Waals surface area (Å²) in [6.45, 7) is 3.30. The second-order valence-corrected chi connectivity index (χ2v) is 5.18. The summed E-state index contributed by atoms with van der Waals surface area (Å²) in [5.74, 6) is 0. The fraction of sp³-hybridized carbons (Fsp3) is 0.385. The van der Waals surface area contributed by atoms with Crippen LogP contribution in [-0.2, 0) is 10.2 Å². The molecule has 1 aromatic rings. The van der Waals surface area contributed by atoms with Crippen LogP contribution in [0.15, 0.2) is 18.2 Å². The molecule has 0 aromatic heterocycles. The predicted octanol–water partition coefficient (Wildman–Crippen LogP) is 3.42. The Kier molecular flexibility index (Phi) is 4.37. The van der Waals surface area contributed by atoms with E-state index in [1.54, 1.807) is 29.2 Å². The number of hydrogen-bond acceptors (Lipinski definition) is 2. The van der Waals surface area contributed by atoms with Crippen LogP contribution in [0.2, 0.25) is 0 Å². The van der Waals surface area contributed by atoms with Crippen molar-refractivity contribution < 1.29 is 18.0 Å². The van der Waals surface area contributed by atoms with Crippen LogP contribution in [0.25, 0.3) is 0 Å². The van der Waals surface area contributed by atoms with Crippen LogP contribution in [0.5, 0.6) is 0 Å². The lowest BCUT2D eigenvalue weighted by atomic mass is 9.77. The number of carbonyl (C=O) groups is 1. The molecule has 0 aliphatic carbocycles. The van der Waals surface area contributed by atoms with Gasteiger partial charge in [-0.15, -0.1) is 0 Å². The van der Waals surface area contributed by atoms with Crippen molar-refractivity contribution in [2.45, 2.75) is 31.9 Å². The van der Waals surface area contributed by atoms with Crippen molar-refractivity contribution in [1.82, 2.24) is 0 Å². The van der Waals surface area contributed by atoms with E-state index in [1.807, 2.05) is 0 Å². The maximum atomic E-state index is 13.3. The van der Waals surface area contributed by atoms with Gasteiger partial charge in [0.25, 0.3) is 0 Å². The minimum Gasteiger partial charge on any atom is -0.295 e. The molecule has 102 valence electrons. The molecule has 1 rings (SSSR count). The normalized spacial score (nSPS) is 14.6. The van der Waals surface area contributed by atoms with Crippen molar-refractivity contribution in [3.05, 3.63) is 34.9 Å².